The lowest BCUT2D eigenvalue weighted by molar-refractivity contribution is -0.127. The van der Waals surface area contributed by atoms with Crippen LogP contribution < -0.4 is 5.32 Å². The van der Waals surface area contributed by atoms with Gasteiger partial charge in [0.2, 0.25) is 5.91 Å². The molecule has 0 aliphatic heterocycles. The molecule has 7 nitrogen and oxygen atoms in total. The molecule has 0 aromatic carbocycles. The van der Waals surface area contributed by atoms with Crippen molar-refractivity contribution in [3.8, 4) is 0 Å². The van der Waals surface area contributed by atoms with Crippen molar-refractivity contribution in [3.05, 3.63) is 11.9 Å². The average molecular weight is 241 g/mol. The number of aliphatic hydroxyl groups excluding tert-OH is 1. The molecule has 0 atom stereocenters. The first kappa shape index (κ1) is 13.6. The maximum absolute atomic E-state index is 11.3. The van der Waals surface area contributed by atoms with Crippen LogP contribution in [-0.2, 0) is 17.9 Å². The van der Waals surface area contributed by atoms with Crippen LogP contribution in [0.2, 0.25) is 0 Å². The molecule has 1 amide bonds. The molecule has 1 aromatic heterocycles. The van der Waals surface area contributed by atoms with Gasteiger partial charge < -0.3 is 15.3 Å². The summed E-state index contributed by atoms with van der Waals surface area (Å²) >= 11 is 0. The molecule has 0 aliphatic rings. The number of nitrogens with one attached hydrogen (secondary N) is 1. The third-order valence-electron chi connectivity index (χ3n) is 2.21. The van der Waals surface area contributed by atoms with Crippen LogP contribution in [0.1, 0.15) is 12.1 Å². The molecular weight excluding hydrogens is 222 g/mol. The number of hydrogen-bond donors (Lipinski definition) is 2. The quantitative estimate of drug-likeness (QED) is 0.629. The first-order chi connectivity index (χ1) is 8.13. The molecule has 96 valence electrons. The zero-order chi connectivity index (χ0) is 12.7. The van der Waals surface area contributed by atoms with Gasteiger partial charge in [0, 0.05) is 40.0 Å². The summed E-state index contributed by atoms with van der Waals surface area (Å²) in [6.45, 7) is 1.60. The fourth-order valence-electron chi connectivity index (χ4n) is 1.22. The van der Waals surface area contributed by atoms with E-state index in [4.69, 9.17) is 5.11 Å². The second-order valence-electron chi connectivity index (χ2n) is 3.94. The Morgan fingerprint density at radius 1 is 1.59 bits per heavy atom. The van der Waals surface area contributed by atoms with E-state index >= 15 is 0 Å². The van der Waals surface area contributed by atoms with Crippen molar-refractivity contribution >= 4 is 5.91 Å². The number of carbonyl (C=O) groups is 1. The molecule has 1 heterocycles. The maximum Gasteiger partial charge on any atom is 0.236 e. The molecule has 0 saturated heterocycles. The van der Waals surface area contributed by atoms with Gasteiger partial charge >= 0.3 is 0 Å². The monoisotopic (exact) mass is 241 g/mol. The predicted octanol–water partition coefficient (Wildman–Crippen LogP) is -1.16. The molecule has 1 rings (SSSR count). The highest BCUT2D eigenvalue weighted by Gasteiger charge is 2.04. The van der Waals surface area contributed by atoms with Crippen LogP contribution in [0.25, 0.3) is 0 Å². The van der Waals surface area contributed by atoms with E-state index in [0.29, 0.717) is 19.5 Å². The Morgan fingerprint density at radius 3 is 3.00 bits per heavy atom. The third-order valence-corrected chi connectivity index (χ3v) is 2.21. The van der Waals surface area contributed by atoms with Gasteiger partial charge in [-0.1, -0.05) is 5.21 Å². The average Bonchev–Trinajstić information content (AvgIpc) is 2.74. The minimum atomic E-state index is 0.0256. The second kappa shape index (κ2) is 6.97. The van der Waals surface area contributed by atoms with Crippen LogP contribution in [0.5, 0.6) is 0 Å². The molecule has 0 aliphatic carbocycles. The van der Waals surface area contributed by atoms with E-state index in [0.717, 1.165) is 5.69 Å². The molecule has 1 aromatic rings. The molecule has 0 spiro atoms. The van der Waals surface area contributed by atoms with Gasteiger partial charge in [0.15, 0.2) is 0 Å². The van der Waals surface area contributed by atoms with Crippen molar-refractivity contribution in [2.24, 2.45) is 0 Å². The fraction of sp³-hybridized carbons (Fsp3) is 0.700. The molecule has 17 heavy (non-hydrogen) atoms. The van der Waals surface area contributed by atoms with E-state index in [1.165, 1.54) is 4.90 Å². The van der Waals surface area contributed by atoms with Gasteiger partial charge in [-0.25, -0.2) is 0 Å². The van der Waals surface area contributed by atoms with Crippen LogP contribution >= 0.6 is 0 Å². The van der Waals surface area contributed by atoms with Crippen molar-refractivity contribution < 1.29 is 9.90 Å². The third kappa shape index (κ3) is 4.92. The molecule has 0 bridgehead atoms. The molecule has 0 unspecified atom stereocenters. The van der Waals surface area contributed by atoms with Gasteiger partial charge in [-0.3, -0.25) is 9.48 Å². The molecule has 0 saturated carbocycles. The Labute approximate surface area is 100 Å². The van der Waals surface area contributed by atoms with Crippen molar-refractivity contribution in [1.29, 1.82) is 0 Å². The number of amides is 1. The second-order valence-corrected chi connectivity index (χ2v) is 3.94. The number of nitrogens with zero attached hydrogens (tertiary/aromatic N) is 4. The number of likely N-dealkylation sites (N-methyl/N-ethyl adjacent to an activating group) is 1. The van der Waals surface area contributed by atoms with Crippen LogP contribution in [0.15, 0.2) is 6.20 Å². The van der Waals surface area contributed by atoms with E-state index in [1.807, 2.05) is 6.20 Å². The topological polar surface area (TPSA) is 83.3 Å². The number of carbonyl (C=O) groups excluding carboxylic acids is 1. The largest absolute Gasteiger partial charge is 0.396 e. The lowest BCUT2D eigenvalue weighted by Crippen LogP contribution is -2.32. The van der Waals surface area contributed by atoms with Gasteiger partial charge in [0.1, 0.15) is 0 Å². The van der Waals surface area contributed by atoms with E-state index < -0.39 is 0 Å². The Hall–Kier alpha value is -1.47. The summed E-state index contributed by atoms with van der Waals surface area (Å²) in [6, 6.07) is 0. The standard InChI is InChI=1S/C10H19N5O2/c1-14(2)10(17)7-11-6-9-8-15(13-12-9)4-3-5-16/h8,11,16H,3-7H2,1-2H3. The SMILES string of the molecule is CN(C)C(=O)CNCc1cn(CCCO)nn1. The normalized spacial score (nSPS) is 10.5. The molecule has 0 radical (unpaired) electrons. The van der Waals surface area contributed by atoms with E-state index in [2.05, 4.69) is 15.6 Å². The van der Waals surface area contributed by atoms with Crippen LogP contribution in [-0.4, -0.2) is 58.2 Å². The lowest BCUT2D eigenvalue weighted by Gasteiger charge is -2.09. The molecule has 2 N–H and O–H groups in total. The molecule has 7 heteroatoms. The lowest BCUT2D eigenvalue weighted by atomic mass is 10.4. The number of hydrogen-bond acceptors (Lipinski definition) is 5. The highest BCUT2D eigenvalue weighted by Crippen LogP contribution is 1.94. The Kier molecular flexibility index (Phi) is 5.58. The first-order valence-corrected chi connectivity index (χ1v) is 5.54. The summed E-state index contributed by atoms with van der Waals surface area (Å²) < 4.78 is 1.68. The maximum atomic E-state index is 11.3. The number of aromatic nitrogens is 3. The summed E-state index contributed by atoms with van der Waals surface area (Å²) in [6.07, 6.45) is 2.47. The smallest absolute Gasteiger partial charge is 0.236 e. The van der Waals surface area contributed by atoms with E-state index in [9.17, 15) is 4.79 Å². The van der Waals surface area contributed by atoms with Gasteiger partial charge in [0.05, 0.1) is 12.2 Å². The Morgan fingerprint density at radius 2 is 2.35 bits per heavy atom. The van der Waals surface area contributed by atoms with Crippen LogP contribution in [0.3, 0.4) is 0 Å². The Balaban J connectivity index is 2.27. The van der Waals surface area contributed by atoms with Crippen molar-refractivity contribution in [3.63, 3.8) is 0 Å². The minimum Gasteiger partial charge on any atom is -0.396 e. The molecule has 0 fully saturated rings. The van der Waals surface area contributed by atoms with Gasteiger partial charge in [-0.05, 0) is 6.42 Å². The van der Waals surface area contributed by atoms with Crippen molar-refractivity contribution in [1.82, 2.24) is 25.2 Å². The van der Waals surface area contributed by atoms with Gasteiger partial charge in [-0.15, -0.1) is 5.10 Å². The van der Waals surface area contributed by atoms with Crippen molar-refractivity contribution in [2.45, 2.75) is 19.5 Å². The van der Waals surface area contributed by atoms with E-state index in [-0.39, 0.29) is 19.1 Å². The highest BCUT2D eigenvalue weighted by atomic mass is 16.3. The number of aliphatic hydroxyl groups is 1. The first-order valence-electron chi connectivity index (χ1n) is 5.54. The fourth-order valence-corrected chi connectivity index (χ4v) is 1.22. The number of rotatable bonds is 7. The summed E-state index contributed by atoms with van der Waals surface area (Å²) in [5, 5.41) is 19.5. The van der Waals surface area contributed by atoms with Gasteiger partial charge in [-0.2, -0.15) is 0 Å². The summed E-state index contributed by atoms with van der Waals surface area (Å²) in [4.78, 5) is 12.8. The van der Waals surface area contributed by atoms with Crippen LogP contribution in [0, 0.1) is 0 Å². The summed E-state index contributed by atoms with van der Waals surface area (Å²) in [5.74, 6) is 0.0256. The van der Waals surface area contributed by atoms with Crippen molar-refractivity contribution in [2.75, 3.05) is 27.2 Å². The highest BCUT2D eigenvalue weighted by molar-refractivity contribution is 5.77. The number of aryl methyl sites for hydroxylation is 1. The predicted molar refractivity (Wildman–Crippen MR) is 62.1 cm³/mol. The zero-order valence-electron chi connectivity index (χ0n) is 10.3. The van der Waals surface area contributed by atoms with E-state index in [1.54, 1.807) is 18.8 Å². The van der Waals surface area contributed by atoms with Crippen LogP contribution in [0.4, 0.5) is 0 Å². The summed E-state index contributed by atoms with van der Waals surface area (Å²) in [5.41, 5.74) is 0.787. The zero-order valence-corrected chi connectivity index (χ0v) is 10.3. The minimum absolute atomic E-state index is 0.0256. The Bertz CT molecular complexity index is 350. The van der Waals surface area contributed by atoms with Gasteiger partial charge in [0.25, 0.3) is 0 Å². The molecular formula is C10H19N5O2. The summed E-state index contributed by atoms with van der Waals surface area (Å²) in [7, 11) is 3.43.